The molecule has 0 unspecified atom stereocenters. The fourth-order valence-corrected chi connectivity index (χ4v) is 1.89. The standard InChI is InChI=1S/C13H11N/c1-2-6-10(5-1)13-9-11-7-3-4-8-12(11)14-13/h1,3-9,14H,2H2. The number of rotatable bonds is 1. The van der Waals surface area contributed by atoms with E-state index in [1.165, 1.54) is 22.2 Å². The minimum absolute atomic E-state index is 1.06. The van der Waals surface area contributed by atoms with Crippen molar-refractivity contribution >= 4 is 16.5 Å². The molecule has 0 spiro atoms. The van der Waals surface area contributed by atoms with Crippen LogP contribution < -0.4 is 0 Å². The summed E-state index contributed by atoms with van der Waals surface area (Å²) < 4.78 is 0. The fraction of sp³-hybridized carbons (Fsp3) is 0.0769. The van der Waals surface area contributed by atoms with E-state index in [0.29, 0.717) is 0 Å². The topological polar surface area (TPSA) is 15.8 Å². The summed E-state index contributed by atoms with van der Waals surface area (Å²) >= 11 is 0. The SMILES string of the molecule is C1=CC(c2cc3ccccc3[nH]2)=CC1. The summed E-state index contributed by atoms with van der Waals surface area (Å²) in [6.07, 6.45) is 7.65. The average Bonchev–Trinajstić information content (AvgIpc) is 2.86. The maximum absolute atomic E-state index is 3.42. The van der Waals surface area contributed by atoms with Crippen LogP contribution in [0.3, 0.4) is 0 Å². The molecule has 1 aromatic heterocycles. The van der Waals surface area contributed by atoms with Crippen LogP contribution in [-0.2, 0) is 0 Å². The second-order valence-electron chi connectivity index (χ2n) is 3.57. The maximum Gasteiger partial charge on any atom is 0.0461 e. The average molecular weight is 181 g/mol. The first-order valence-corrected chi connectivity index (χ1v) is 4.88. The number of para-hydroxylation sites is 1. The number of nitrogens with one attached hydrogen (secondary N) is 1. The van der Waals surface area contributed by atoms with Crippen LogP contribution in [0.25, 0.3) is 16.5 Å². The molecule has 0 aliphatic heterocycles. The van der Waals surface area contributed by atoms with Crippen LogP contribution in [0.5, 0.6) is 0 Å². The van der Waals surface area contributed by atoms with Gasteiger partial charge in [-0.2, -0.15) is 0 Å². The molecule has 1 N–H and O–H groups in total. The van der Waals surface area contributed by atoms with Gasteiger partial charge in [-0.25, -0.2) is 0 Å². The molecule has 68 valence electrons. The van der Waals surface area contributed by atoms with Gasteiger partial charge in [0.2, 0.25) is 0 Å². The summed E-state index contributed by atoms with van der Waals surface area (Å²) in [4.78, 5) is 3.42. The highest BCUT2D eigenvalue weighted by Gasteiger charge is 2.04. The van der Waals surface area contributed by atoms with Crippen molar-refractivity contribution in [1.29, 1.82) is 0 Å². The highest BCUT2D eigenvalue weighted by atomic mass is 14.7. The van der Waals surface area contributed by atoms with Crippen LogP contribution in [0.4, 0.5) is 0 Å². The second-order valence-corrected chi connectivity index (χ2v) is 3.57. The van der Waals surface area contributed by atoms with Crippen LogP contribution in [0, 0.1) is 0 Å². The lowest BCUT2D eigenvalue weighted by Gasteiger charge is -1.92. The molecule has 0 radical (unpaired) electrons. The first-order valence-electron chi connectivity index (χ1n) is 4.88. The third kappa shape index (κ3) is 1.10. The number of aromatic nitrogens is 1. The lowest BCUT2D eigenvalue weighted by molar-refractivity contribution is 1.40. The van der Waals surface area contributed by atoms with Gasteiger partial charge in [-0.1, -0.05) is 36.4 Å². The zero-order valence-electron chi connectivity index (χ0n) is 7.83. The number of aromatic amines is 1. The van der Waals surface area contributed by atoms with E-state index in [1.54, 1.807) is 0 Å². The van der Waals surface area contributed by atoms with Crippen molar-refractivity contribution in [2.45, 2.75) is 6.42 Å². The van der Waals surface area contributed by atoms with Crippen LogP contribution in [0.1, 0.15) is 12.1 Å². The predicted molar refractivity (Wildman–Crippen MR) is 60.0 cm³/mol. The summed E-state index contributed by atoms with van der Waals surface area (Å²) in [5, 5.41) is 1.28. The normalized spacial score (nSPS) is 15.0. The molecule has 0 fully saturated rings. The summed E-state index contributed by atoms with van der Waals surface area (Å²) in [5.41, 5.74) is 3.74. The Bertz CT molecular complexity index is 496. The lowest BCUT2D eigenvalue weighted by Crippen LogP contribution is -1.76. The molecule has 0 saturated carbocycles. The third-order valence-corrected chi connectivity index (χ3v) is 2.61. The van der Waals surface area contributed by atoms with E-state index in [4.69, 9.17) is 0 Å². The number of benzene rings is 1. The van der Waals surface area contributed by atoms with E-state index in [0.717, 1.165) is 6.42 Å². The summed E-state index contributed by atoms with van der Waals surface area (Å²) in [7, 11) is 0. The highest BCUT2D eigenvalue weighted by molar-refractivity contribution is 5.87. The quantitative estimate of drug-likeness (QED) is 0.693. The van der Waals surface area contributed by atoms with E-state index >= 15 is 0 Å². The smallest absolute Gasteiger partial charge is 0.0461 e. The molecule has 1 aromatic carbocycles. The van der Waals surface area contributed by atoms with Crippen LogP contribution in [0.2, 0.25) is 0 Å². The Balaban J connectivity index is 2.19. The largest absolute Gasteiger partial charge is 0.355 e. The molecule has 2 aromatic rings. The van der Waals surface area contributed by atoms with Crippen molar-refractivity contribution in [3.05, 3.63) is 54.3 Å². The van der Waals surface area contributed by atoms with Gasteiger partial charge in [0.1, 0.15) is 0 Å². The van der Waals surface area contributed by atoms with Gasteiger partial charge in [0.15, 0.2) is 0 Å². The fourth-order valence-electron chi connectivity index (χ4n) is 1.89. The van der Waals surface area contributed by atoms with E-state index in [2.05, 4.69) is 53.5 Å². The van der Waals surface area contributed by atoms with Crippen molar-refractivity contribution in [1.82, 2.24) is 4.98 Å². The molecule has 0 atom stereocenters. The van der Waals surface area contributed by atoms with Crippen molar-refractivity contribution in [2.24, 2.45) is 0 Å². The number of hydrogen-bond acceptors (Lipinski definition) is 0. The molecule has 1 heterocycles. The minimum atomic E-state index is 1.06. The van der Waals surface area contributed by atoms with Crippen LogP contribution >= 0.6 is 0 Å². The molecular weight excluding hydrogens is 170 g/mol. The van der Waals surface area contributed by atoms with Crippen LogP contribution in [0.15, 0.2) is 48.6 Å². The van der Waals surface area contributed by atoms with Gasteiger partial charge in [0, 0.05) is 16.6 Å². The van der Waals surface area contributed by atoms with Gasteiger partial charge in [0.25, 0.3) is 0 Å². The first kappa shape index (κ1) is 7.63. The monoisotopic (exact) mass is 181 g/mol. The first-order chi connectivity index (χ1) is 6.93. The van der Waals surface area contributed by atoms with Crippen molar-refractivity contribution in [3.63, 3.8) is 0 Å². The number of allylic oxidation sites excluding steroid dienone is 4. The molecule has 1 aliphatic rings. The Morgan fingerprint density at radius 1 is 1.14 bits per heavy atom. The van der Waals surface area contributed by atoms with E-state index < -0.39 is 0 Å². The number of hydrogen-bond donors (Lipinski definition) is 1. The van der Waals surface area contributed by atoms with Crippen molar-refractivity contribution < 1.29 is 0 Å². The Kier molecular flexibility index (Phi) is 1.57. The number of fused-ring (bicyclic) bond motifs is 1. The predicted octanol–water partition coefficient (Wildman–Crippen LogP) is 3.51. The lowest BCUT2D eigenvalue weighted by atomic mass is 10.2. The molecule has 0 amide bonds. The molecule has 1 heteroatoms. The zero-order valence-corrected chi connectivity index (χ0v) is 7.83. The summed E-state index contributed by atoms with van der Waals surface area (Å²) in [5.74, 6) is 0. The number of H-pyrrole nitrogens is 1. The van der Waals surface area contributed by atoms with Crippen molar-refractivity contribution in [3.8, 4) is 0 Å². The van der Waals surface area contributed by atoms with E-state index in [1.807, 2.05) is 0 Å². The molecule has 1 aliphatic carbocycles. The highest BCUT2D eigenvalue weighted by Crippen LogP contribution is 2.24. The van der Waals surface area contributed by atoms with Gasteiger partial charge in [0.05, 0.1) is 0 Å². The third-order valence-electron chi connectivity index (χ3n) is 2.61. The molecule has 1 nitrogen and oxygen atoms in total. The summed E-state index contributed by atoms with van der Waals surface area (Å²) in [6, 6.07) is 10.6. The van der Waals surface area contributed by atoms with Crippen LogP contribution in [-0.4, -0.2) is 4.98 Å². The van der Waals surface area contributed by atoms with Gasteiger partial charge < -0.3 is 4.98 Å². The second kappa shape index (κ2) is 2.88. The van der Waals surface area contributed by atoms with Gasteiger partial charge in [-0.3, -0.25) is 0 Å². The Labute approximate surface area is 82.8 Å². The molecule has 0 saturated heterocycles. The Morgan fingerprint density at radius 3 is 2.86 bits per heavy atom. The zero-order chi connectivity index (χ0) is 9.38. The maximum atomic E-state index is 3.42. The molecule has 0 bridgehead atoms. The van der Waals surface area contributed by atoms with Gasteiger partial charge in [-0.15, -0.1) is 0 Å². The van der Waals surface area contributed by atoms with Gasteiger partial charge in [-0.05, 0) is 24.1 Å². The molecular formula is C13H11N. The Morgan fingerprint density at radius 2 is 2.07 bits per heavy atom. The minimum Gasteiger partial charge on any atom is -0.355 e. The van der Waals surface area contributed by atoms with E-state index in [9.17, 15) is 0 Å². The summed E-state index contributed by atoms with van der Waals surface area (Å²) in [6.45, 7) is 0. The molecule has 3 rings (SSSR count). The molecule has 14 heavy (non-hydrogen) atoms. The van der Waals surface area contributed by atoms with Gasteiger partial charge >= 0.3 is 0 Å². The van der Waals surface area contributed by atoms with Crippen molar-refractivity contribution in [2.75, 3.05) is 0 Å². The van der Waals surface area contributed by atoms with E-state index in [-0.39, 0.29) is 0 Å². The Hall–Kier alpha value is -1.76.